The minimum absolute atomic E-state index is 0.0629. The topological polar surface area (TPSA) is 95.7 Å². The van der Waals surface area contributed by atoms with Gasteiger partial charge in [0.15, 0.2) is 0 Å². The summed E-state index contributed by atoms with van der Waals surface area (Å²) < 4.78 is 0. The number of amides is 2. The van der Waals surface area contributed by atoms with Crippen LogP contribution in [0.3, 0.4) is 0 Å². The molecule has 1 unspecified atom stereocenters. The number of rotatable bonds is 5. The monoisotopic (exact) mass is 407 g/mol. The van der Waals surface area contributed by atoms with Crippen molar-refractivity contribution in [2.75, 3.05) is 20.1 Å². The number of nitrogens with one attached hydrogen (secondary N) is 1. The third kappa shape index (κ3) is 3.45. The first-order valence-corrected chi connectivity index (χ1v) is 10.5. The Morgan fingerprint density at radius 1 is 1.20 bits per heavy atom. The number of hydrogen-bond donors (Lipinski definition) is 3. The molecule has 158 valence electrons. The van der Waals surface area contributed by atoms with E-state index in [4.69, 9.17) is 5.73 Å². The zero-order valence-electron chi connectivity index (χ0n) is 17.5. The lowest BCUT2D eigenvalue weighted by atomic mass is 9.56. The SMILES string of the molecule is C[C@H]1[C@H]2Cc3ccc(O)cc3C1(CCNC(=O)c1ccc(C(N)=O)cc1)CCN2C. The smallest absolute Gasteiger partial charge is 0.251 e. The van der Waals surface area contributed by atoms with Gasteiger partial charge in [-0.2, -0.15) is 0 Å². The van der Waals surface area contributed by atoms with Crippen LogP contribution in [0.4, 0.5) is 0 Å². The molecule has 0 radical (unpaired) electrons. The number of piperidine rings is 1. The molecule has 2 aliphatic rings. The van der Waals surface area contributed by atoms with Gasteiger partial charge in [-0.15, -0.1) is 0 Å². The average Bonchev–Trinajstić information content (AvgIpc) is 2.73. The predicted octanol–water partition coefficient (Wildman–Crippen LogP) is 2.45. The number of nitrogens with two attached hydrogens (primary N) is 1. The molecule has 6 nitrogen and oxygen atoms in total. The molecule has 1 saturated heterocycles. The summed E-state index contributed by atoms with van der Waals surface area (Å²) in [5.41, 5.74) is 8.63. The van der Waals surface area contributed by atoms with Crippen LogP contribution >= 0.6 is 0 Å². The minimum atomic E-state index is -0.508. The first kappa shape index (κ1) is 20.4. The van der Waals surface area contributed by atoms with E-state index in [2.05, 4.69) is 30.3 Å². The van der Waals surface area contributed by atoms with Crippen molar-refractivity contribution in [2.24, 2.45) is 11.7 Å². The van der Waals surface area contributed by atoms with E-state index in [1.807, 2.05) is 6.07 Å². The van der Waals surface area contributed by atoms with Crippen molar-refractivity contribution in [1.82, 2.24) is 10.2 Å². The predicted molar refractivity (Wildman–Crippen MR) is 116 cm³/mol. The lowest BCUT2D eigenvalue weighted by Crippen LogP contribution is -2.58. The highest BCUT2D eigenvalue weighted by atomic mass is 16.3. The summed E-state index contributed by atoms with van der Waals surface area (Å²) in [6.07, 6.45) is 2.81. The van der Waals surface area contributed by atoms with Gasteiger partial charge >= 0.3 is 0 Å². The summed E-state index contributed by atoms with van der Waals surface area (Å²) >= 11 is 0. The second-order valence-electron chi connectivity index (χ2n) is 8.74. The van der Waals surface area contributed by atoms with Gasteiger partial charge in [-0.3, -0.25) is 9.59 Å². The van der Waals surface area contributed by atoms with Crippen molar-refractivity contribution in [3.05, 3.63) is 64.7 Å². The van der Waals surface area contributed by atoms with E-state index in [-0.39, 0.29) is 11.3 Å². The molecule has 1 aliphatic heterocycles. The number of likely N-dealkylation sites (N-methyl/N-ethyl adjacent to an activating group) is 1. The molecule has 1 aliphatic carbocycles. The number of likely N-dealkylation sites (tertiary alicyclic amines) is 1. The molecule has 30 heavy (non-hydrogen) atoms. The second-order valence-corrected chi connectivity index (χ2v) is 8.74. The molecule has 2 bridgehead atoms. The van der Waals surface area contributed by atoms with Crippen molar-refractivity contribution < 1.29 is 14.7 Å². The first-order valence-electron chi connectivity index (χ1n) is 10.5. The molecule has 1 fully saturated rings. The number of fused-ring (bicyclic) bond motifs is 4. The average molecular weight is 408 g/mol. The maximum absolute atomic E-state index is 12.6. The zero-order valence-corrected chi connectivity index (χ0v) is 17.5. The van der Waals surface area contributed by atoms with Crippen LogP contribution in [0, 0.1) is 5.92 Å². The van der Waals surface area contributed by atoms with Gasteiger partial charge in [0.1, 0.15) is 5.75 Å². The Labute approximate surface area is 177 Å². The van der Waals surface area contributed by atoms with E-state index < -0.39 is 5.91 Å². The van der Waals surface area contributed by atoms with Crippen molar-refractivity contribution in [3.8, 4) is 5.75 Å². The Balaban J connectivity index is 1.52. The standard InChI is InChI=1S/C24H29N3O3/c1-15-21-13-18-7-8-19(28)14-20(18)24(15,10-12-27(21)2)9-11-26-23(30)17-5-3-16(4-6-17)22(25)29/h3-8,14-15,21,28H,9-13H2,1-2H3,(H2,25,29)(H,26,30)/t15-,21+,24?/m0/s1. The summed E-state index contributed by atoms with van der Waals surface area (Å²) in [5, 5.41) is 13.2. The summed E-state index contributed by atoms with van der Waals surface area (Å²) in [7, 11) is 2.19. The summed E-state index contributed by atoms with van der Waals surface area (Å²) in [6, 6.07) is 12.6. The Morgan fingerprint density at radius 3 is 2.60 bits per heavy atom. The van der Waals surface area contributed by atoms with Crippen molar-refractivity contribution in [1.29, 1.82) is 0 Å². The molecule has 1 heterocycles. The summed E-state index contributed by atoms with van der Waals surface area (Å²) in [4.78, 5) is 26.2. The van der Waals surface area contributed by atoms with Gasteiger partial charge < -0.3 is 21.1 Å². The fourth-order valence-electron chi connectivity index (χ4n) is 5.44. The normalized spacial score (nSPS) is 25.4. The number of carbonyl (C=O) groups excluding carboxylic acids is 2. The number of phenolic OH excluding ortho intramolecular Hbond substituents is 1. The van der Waals surface area contributed by atoms with E-state index >= 15 is 0 Å². The van der Waals surface area contributed by atoms with Gasteiger partial charge in [-0.1, -0.05) is 13.0 Å². The van der Waals surface area contributed by atoms with Crippen molar-refractivity contribution >= 4 is 11.8 Å². The van der Waals surface area contributed by atoms with Crippen LogP contribution in [0.25, 0.3) is 0 Å². The Hall–Kier alpha value is -2.86. The zero-order chi connectivity index (χ0) is 21.5. The van der Waals surface area contributed by atoms with E-state index in [0.29, 0.717) is 35.4 Å². The van der Waals surface area contributed by atoms with Crippen LogP contribution in [0.2, 0.25) is 0 Å². The third-order valence-corrected chi connectivity index (χ3v) is 7.27. The number of aromatic hydroxyl groups is 1. The quantitative estimate of drug-likeness (QED) is 0.709. The fourth-order valence-corrected chi connectivity index (χ4v) is 5.44. The lowest BCUT2D eigenvalue weighted by molar-refractivity contribution is 0.0358. The number of benzene rings is 2. The molecule has 4 N–H and O–H groups in total. The molecule has 6 heteroatoms. The van der Waals surface area contributed by atoms with Gasteiger partial charge in [0.05, 0.1) is 0 Å². The molecule has 0 spiro atoms. The van der Waals surface area contributed by atoms with Gasteiger partial charge in [-0.25, -0.2) is 0 Å². The Bertz CT molecular complexity index is 972. The van der Waals surface area contributed by atoms with Crippen LogP contribution < -0.4 is 11.1 Å². The minimum Gasteiger partial charge on any atom is -0.508 e. The molecule has 2 amide bonds. The van der Waals surface area contributed by atoms with Crippen LogP contribution in [0.15, 0.2) is 42.5 Å². The highest BCUT2D eigenvalue weighted by Crippen LogP contribution is 2.51. The van der Waals surface area contributed by atoms with E-state index in [1.54, 1.807) is 30.3 Å². The van der Waals surface area contributed by atoms with Crippen molar-refractivity contribution in [3.63, 3.8) is 0 Å². The van der Waals surface area contributed by atoms with Gasteiger partial charge in [0.2, 0.25) is 5.91 Å². The fraction of sp³-hybridized carbons (Fsp3) is 0.417. The molecule has 0 saturated carbocycles. The van der Waals surface area contributed by atoms with Crippen LogP contribution in [-0.2, 0) is 11.8 Å². The second kappa shape index (κ2) is 7.76. The molecular weight excluding hydrogens is 378 g/mol. The number of phenols is 1. The van der Waals surface area contributed by atoms with E-state index in [0.717, 1.165) is 25.8 Å². The Kier molecular flexibility index (Phi) is 5.28. The summed E-state index contributed by atoms with van der Waals surface area (Å²) in [6.45, 7) is 3.86. The molecule has 2 aromatic carbocycles. The first-order chi connectivity index (χ1) is 14.3. The number of carbonyl (C=O) groups is 2. The Morgan fingerprint density at radius 2 is 1.90 bits per heavy atom. The van der Waals surface area contributed by atoms with Crippen LogP contribution in [0.1, 0.15) is 51.6 Å². The summed E-state index contributed by atoms with van der Waals surface area (Å²) in [5.74, 6) is 0.0613. The van der Waals surface area contributed by atoms with Gasteiger partial charge in [-0.05, 0) is 86.3 Å². The highest BCUT2D eigenvalue weighted by molar-refractivity contribution is 5.97. The van der Waals surface area contributed by atoms with Crippen LogP contribution in [0.5, 0.6) is 5.75 Å². The maximum atomic E-state index is 12.6. The van der Waals surface area contributed by atoms with Gasteiger partial charge in [0, 0.05) is 29.1 Å². The number of hydrogen-bond acceptors (Lipinski definition) is 4. The molecule has 4 rings (SSSR count). The van der Waals surface area contributed by atoms with E-state index in [1.165, 1.54) is 11.1 Å². The molecule has 0 aromatic heterocycles. The lowest BCUT2D eigenvalue weighted by Gasteiger charge is -2.55. The largest absolute Gasteiger partial charge is 0.508 e. The van der Waals surface area contributed by atoms with Gasteiger partial charge in [0.25, 0.3) is 5.91 Å². The highest BCUT2D eigenvalue weighted by Gasteiger charge is 2.50. The number of nitrogens with zero attached hydrogens (tertiary/aromatic N) is 1. The molecule has 2 aromatic rings. The molecular formula is C24H29N3O3. The van der Waals surface area contributed by atoms with E-state index in [9.17, 15) is 14.7 Å². The number of primary amides is 1. The maximum Gasteiger partial charge on any atom is 0.251 e. The van der Waals surface area contributed by atoms with Crippen molar-refractivity contribution in [2.45, 2.75) is 37.6 Å². The molecule has 3 atom stereocenters. The third-order valence-electron chi connectivity index (χ3n) is 7.27. The van der Waals surface area contributed by atoms with Crippen LogP contribution in [-0.4, -0.2) is 48.0 Å².